The molecule has 1 atom stereocenters. The van der Waals surface area contributed by atoms with Crippen LogP contribution >= 0.6 is 0 Å². The largest absolute Gasteiger partial charge is 0.490 e. The zero-order valence-corrected chi connectivity index (χ0v) is 18.4. The summed E-state index contributed by atoms with van der Waals surface area (Å²) in [5.74, 6) is 1.76. The molecule has 0 bridgehead atoms. The first-order valence-corrected chi connectivity index (χ1v) is 10.6. The number of hydrogen-bond acceptors (Lipinski definition) is 5. The van der Waals surface area contributed by atoms with Crippen molar-refractivity contribution in [2.75, 3.05) is 13.7 Å². The number of rotatable bonds is 7. The molecule has 0 saturated heterocycles. The lowest BCUT2D eigenvalue weighted by molar-refractivity contribution is -0.0884. The van der Waals surface area contributed by atoms with Crippen molar-refractivity contribution in [2.45, 2.75) is 51.8 Å². The van der Waals surface area contributed by atoms with Crippen LogP contribution in [0.2, 0.25) is 0 Å². The third-order valence-corrected chi connectivity index (χ3v) is 5.04. The maximum atomic E-state index is 13.4. The number of hydrogen-bond donors (Lipinski definition) is 0. The molecule has 0 radical (unpaired) electrons. The molecule has 2 heterocycles. The first kappa shape index (κ1) is 23.6. The van der Waals surface area contributed by atoms with Gasteiger partial charge in [0.25, 0.3) is 0 Å². The van der Waals surface area contributed by atoms with Gasteiger partial charge in [-0.15, -0.1) is 0 Å². The van der Waals surface area contributed by atoms with E-state index in [-0.39, 0.29) is 19.1 Å². The molecule has 0 amide bonds. The van der Waals surface area contributed by atoms with Crippen LogP contribution in [0.15, 0.2) is 70.2 Å². The summed E-state index contributed by atoms with van der Waals surface area (Å²) in [6.45, 7) is 3.54. The van der Waals surface area contributed by atoms with Crippen molar-refractivity contribution in [1.29, 1.82) is 0 Å². The van der Waals surface area contributed by atoms with E-state index in [0.29, 0.717) is 28.6 Å². The van der Waals surface area contributed by atoms with Crippen molar-refractivity contribution in [3.63, 3.8) is 0 Å². The fourth-order valence-electron chi connectivity index (χ4n) is 3.54. The smallest absolute Gasteiger partial charge is 0.416 e. The molecule has 5 nitrogen and oxygen atoms in total. The molecule has 1 aromatic rings. The third kappa shape index (κ3) is 5.81. The van der Waals surface area contributed by atoms with Crippen molar-refractivity contribution < 1.29 is 27.4 Å². The second kappa shape index (κ2) is 10.5. The molecule has 1 aliphatic carbocycles. The molecule has 32 heavy (non-hydrogen) atoms. The van der Waals surface area contributed by atoms with Crippen molar-refractivity contribution in [3.05, 3.63) is 65.2 Å². The van der Waals surface area contributed by atoms with Gasteiger partial charge in [0, 0.05) is 12.5 Å². The summed E-state index contributed by atoms with van der Waals surface area (Å²) in [6, 6.07) is 3.45. The fraction of sp³-hybridized carbons (Fsp3) is 0.417. The van der Waals surface area contributed by atoms with Crippen LogP contribution in [-0.4, -0.2) is 36.7 Å². The molecule has 8 heteroatoms. The Bertz CT molecular complexity index is 958. The Morgan fingerprint density at radius 2 is 2.12 bits per heavy atom. The fourth-order valence-corrected chi connectivity index (χ4v) is 3.54. The number of nitrogens with zero attached hydrogens (tertiary/aromatic N) is 2. The van der Waals surface area contributed by atoms with E-state index >= 15 is 0 Å². The predicted molar refractivity (Wildman–Crippen MR) is 117 cm³/mol. The minimum Gasteiger partial charge on any atom is -0.490 e. The van der Waals surface area contributed by atoms with Gasteiger partial charge in [-0.2, -0.15) is 13.2 Å². The minimum absolute atomic E-state index is 0.114. The van der Waals surface area contributed by atoms with E-state index < -0.39 is 11.7 Å². The number of alkyl halides is 3. The van der Waals surface area contributed by atoms with E-state index in [1.165, 1.54) is 13.2 Å². The van der Waals surface area contributed by atoms with E-state index in [0.717, 1.165) is 31.1 Å². The highest BCUT2D eigenvalue weighted by Crippen LogP contribution is 2.34. The number of methoxy groups -OCH3 is 1. The SMILES string of the molecule is C\C=C/C(=C\C(=C\CC)C(F)(F)F)C1=NC2=C(CCCC2Oc2ccc(OC)nc2)OC1. The minimum atomic E-state index is -4.44. The molecule has 0 saturated carbocycles. The average Bonchev–Trinajstić information content (AvgIpc) is 2.78. The molecule has 0 spiro atoms. The molecule has 1 aliphatic heterocycles. The Hall–Kier alpha value is -3.03. The Morgan fingerprint density at radius 3 is 2.75 bits per heavy atom. The summed E-state index contributed by atoms with van der Waals surface area (Å²) < 4.78 is 57.4. The van der Waals surface area contributed by atoms with Gasteiger partial charge in [-0.05, 0) is 43.9 Å². The van der Waals surface area contributed by atoms with Gasteiger partial charge in [0.05, 0.1) is 24.6 Å². The number of pyridine rings is 1. The van der Waals surface area contributed by atoms with Gasteiger partial charge in [-0.25, -0.2) is 9.98 Å². The lowest BCUT2D eigenvalue weighted by Gasteiger charge is -2.30. The van der Waals surface area contributed by atoms with E-state index in [1.54, 1.807) is 44.3 Å². The number of allylic oxidation sites excluding steroid dienone is 6. The molecule has 0 N–H and O–H groups in total. The quantitative estimate of drug-likeness (QED) is 0.473. The first-order chi connectivity index (χ1) is 15.4. The standard InChI is InChI=1S/C24H27F3N2O3/c1-4-7-16(13-17(8-5-2)24(25,26)27)19-15-31-20-9-6-10-21(23(20)29-19)32-18-11-12-22(30-3)28-14-18/h4,7-8,11-14,21H,5-6,9-10,15H2,1-3H3/b7-4-,16-13+,17-8-. The molecular formula is C24H27F3N2O3. The molecule has 0 aromatic carbocycles. The molecule has 1 unspecified atom stereocenters. The molecule has 1 aromatic heterocycles. The van der Waals surface area contributed by atoms with Gasteiger partial charge in [0.15, 0.2) is 0 Å². The predicted octanol–water partition coefficient (Wildman–Crippen LogP) is 6.11. The van der Waals surface area contributed by atoms with Crippen LogP contribution in [-0.2, 0) is 4.74 Å². The summed E-state index contributed by atoms with van der Waals surface area (Å²) in [7, 11) is 1.53. The molecular weight excluding hydrogens is 421 g/mol. The molecule has 0 fully saturated rings. The number of aromatic nitrogens is 1. The maximum Gasteiger partial charge on any atom is 0.416 e. The van der Waals surface area contributed by atoms with Crippen LogP contribution in [0.3, 0.4) is 0 Å². The highest BCUT2D eigenvalue weighted by molar-refractivity contribution is 6.05. The van der Waals surface area contributed by atoms with Gasteiger partial charge in [0.1, 0.15) is 29.9 Å². The third-order valence-electron chi connectivity index (χ3n) is 5.04. The summed E-state index contributed by atoms with van der Waals surface area (Å²) >= 11 is 0. The zero-order chi connectivity index (χ0) is 23.1. The Kier molecular flexibility index (Phi) is 7.77. The van der Waals surface area contributed by atoms with Crippen LogP contribution in [0.4, 0.5) is 13.2 Å². The zero-order valence-electron chi connectivity index (χ0n) is 18.4. The summed E-state index contributed by atoms with van der Waals surface area (Å²) in [6.07, 6.45) is 4.95. The van der Waals surface area contributed by atoms with Gasteiger partial charge < -0.3 is 14.2 Å². The normalized spacial score (nSPS) is 20.1. The van der Waals surface area contributed by atoms with Crippen molar-refractivity contribution >= 4 is 5.71 Å². The van der Waals surface area contributed by atoms with E-state index in [4.69, 9.17) is 19.2 Å². The Labute approximate surface area is 186 Å². The second-order valence-corrected chi connectivity index (χ2v) is 7.36. The van der Waals surface area contributed by atoms with E-state index in [1.807, 2.05) is 0 Å². The van der Waals surface area contributed by atoms with Gasteiger partial charge in [-0.1, -0.05) is 25.2 Å². The Morgan fingerprint density at radius 1 is 1.31 bits per heavy atom. The van der Waals surface area contributed by atoms with Gasteiger partial charge in [0.2, 0.25) is 5.88 Å². The van der Waals surface area contributed by atoms with Crippen LogP contribution in [0.1, 0.15) is 39.5 Å². The van der Waals surface area contributed by atoms with Gasteiger partial charge in [-0.3, -0.25) is 0 Å². The lowest BCUT2D eigenvalue weighted by Crippen LogP contribution is -2.29. The van der Waals surface area contributed by atoms with Crippen LogP contribution < -0.4 is 9.47 Å². The van der Waals surface area contributed by atoms with Crippen molar-refractivity contribution in [1.82, 2.24) is 4.98 Å². The summed E-state index contributed by atoms with van der Waals surface area (Å²) in [4.78, 5) is 8.86. The van der Waals surface area contributed by atoms with E-state index in [2.05, 4.69) is 4.98 Å². The first-order valence-electron chi connectivity index (χ1n) is 10.6. The lowest BCUT2D eigenvalue weighted by atomic mass is 9.97. The summed E-state index contributed by atoms with van der Waals surface area (Å²) in [5, 5.41) is 0. The molecule has 3 rings (SSSR count). The number of aliphatic imine (C=N–C) groups is 1. The second-order valence-electron chi connectivity index (χ2n) is 7.36. The van der Waals surface area contributed by atoms with Crippen molar-refractivity contribution in [2.24, 2.45) is 4.99 Å². The van der Waals surface area contributed by atoms with Crippen LogP contribution in [0, 0.1) is 0 Å². The van der Waals surface area contributed by atoms with E-state index in [9.17, 15) is 13.2 Å². The van der Waals surface area contributed by atoms with Gasteiger partial charge >= 0.3 is 6.18 Å². The molecule has 2 aliphatic rings. The average molecular weight is 448 g/mol. The maximum absolute atomic E-state index is 13.4. The van der Waals surface area contributed by atoms with Crippen LogP contribution in [0.25, 0.3) is 0 Å². The molecule has 172 valence electrons. The number of halogens is 3. The highest BCUT2D eigenvalue weighted by Gasteiger charge is 2.33. The van der Waals surface area contributed by atoms with Crippen LogP contribution in [0.5, 0.6) is 11.6 Å². The summed E-state index contributed by atoms with van der Waals surface area (Å²) in [5.41, 5.74) is 0.732. The monoisotopic (exact) mass is 448 g/mol. The highest BCUT2D eigenvalue weighted by atomic mass is 19.4. The Balaban J connectivity index is 1.92. The topological polar surface area (TPSA) is 52.9 Å². The van der Waals surface area contributed by atoms with Crippen molar-refractivity contribution in [3.8, 4) is 11.6 Å². The number of ether oxygens (including phenoxy) is 3.